The second-order valence-corrected chi connectivity index (χ2v) is 3.86. The molecule has 1 heterocycles. The van der Waals surface area contributed by atoms with Gasteiger partial charge in [0.15, 0.2) is 0 Å². The number of hydrogen-bond donors (Lipinski definition) is 1. The van der Waals surface area contributed by atoms with Crippen LogP contribution < -0.4 is 5.32 Å². The Bertz CT molecular complexity index is 222. The van der Waals surface area contributed by atoms with E-state index in [4.69, 9.17) is 0 Å². The summed E-state index contributed by atoms with van der Waals surface area (Å²) in [5.74, 6) is 0.362. The molecule has 0 saturated carbocycles. The Morgan fingerprint density at radius 2 is 2.07 bits per heavy atom. The third kappa shape index (κ3) is 3.51. The summed E-state index contributed by atoms with van der Waals surface area (Å²) >= 11 is 0. The molecule has 3 heteroatoms. The van der Waals surface area contributed by atoms with Crippen molar-refractivity contribution < 1.29 is 4.79 Å². The van der Waals surface area contributed by atoms with Crippen LogP contribution in [0.15, 0.2) is 25.3 Å². The lowest BCUT2D eigenvalue weighted by Gasteiger charge is -2.28. The van der Waals surface area contributed by atoms with E-state index < -0.39 is 0 Å². The van der Waals surface area contributed by atoms with Gasteiger partial charge in [0, 0.05) is 19.6 Å². The molecule has 1 aliphatic heterocycles. The largest absolute Gasteiger partial charge is 0.335 e. The molecule has 1 saturated heterocycles. The minimum absolute atomic E-state index is 0.138. The quantitative estimate of drug-likeness (QED) is 0.688. The van der Waals surface area contributed by atoms with E-state index in [1.165, 1.54) is 0 Å². The highest BCUT2D eigenvalue weighted by molar-refractivity contribution is 5.79. The number of piperidine rings is 1. The molecule has 0 aromatic rings. The monoisotopic (exact) mass is 208 g/mol. The maximum Gasteiger partial charge on any atom is 0.227 e. The van der Waals surface area contributed by atoms with E-state index >= 15 is 0 Å². The van der Waals surface area contributed by atoms with Crippen molar-refractivity contribution >= 4 is 5.91 Å². The van der Waals surface area contributed by atoms with Gasteiger partial charge in [-0.2, -0.15) is 0 Å². The minimum Gasteiger partial charge on any atom is -0.335 e. The average molecular weight is 208 g/mol. The fourth-order valence-corrected chi connectivity index (χ4v) is 1.89. The predicted octanol–water partition coefficient (Wildman–Crippen LogP) is 1.19. The zero-order valence-electron chi connectivity index (χ0n) is 9.24. The summed E-state index contributed by atoms with van der Waals surface area (Å²) in [6.45, 7) is 10.4. The summed E-state index contributed by atoms with van der Waals surface area (Å²) in [4.78, 5) is 13.9. The minimum atomic E-state index is 0.138. The van der Waals surface area contributed by atoms with Gasteiger partial charge in [0.25, 0.3) is 0 Å². The van der Waals surface area contributed by atoms with E-state index in [-0.39, 0.29) is 11.8 Å². The van der Waals surface area contributed by atoms with Gasteiger partial charge < -0.3 is 10.2 Å². The van der Waals surface area contributed by atoms with E-state index in [0.29, 0.717) is 13.1 Å². The third-order valence-corrected chi connectivity index (χ3v) is 2.66. The molecule has 0 bridgehead atoms. The highest BCUT2D eigenvalue weighted by atomic mass is 16.2. The fourth-order valence-electron chi connectivity index (χ4n) is 1.89. The lowest BCUT2D eigenvalue weighted by Crippen LogP contribution is -2.43. The van der Waals surface area contributed by atoms with Gasteiger partial charge in [-0.1, -0.05) is 12.2 Å². The summed E-state index contributed by atoms with van der Waals surface area (Å²) in [7, 11) is 0. The van der Waals surface area contributed by atoms with Crippen molar-refractivity contribution in [1.29, 1.82) is 0 Å². The second-order valence-electron chi connectivity index (χ2n) is 3.86. The normalized spacial score (nSPS) is 20.7. The highest BCUT2D eigenvalue weighted by Gasteiger charge is 2.24. The number of carbonyl (C=O) groups excluding carboxylic acids is 1. The number of nitrogens with one attached hydrogen (secondary N) is 1. The molecular formula is C12H20N2O. The van der Waals surface area contributed by atoms with Gasteiger partial charge in [0.05, 0.1) is 5.92 Å². The fraction of sp³-hybridized carbons (Fsp3) is 0.583. The summed E-state index contributed by atoms with van der Waals surface area (Å²) in [6.07, 6.45) is 5.61. The van der Waals surface area contributed by atoms with Crippen LogP contribution in [-0.2, 0) is 4.79 Å². The number of carbonyl (C=O) groups is 1. The molecular weight excluding hydrogens is 188 g/mol. The Labute approximate surface area is 91.8 Å². The molecule has 1 amide bonds. The summed E-state index contributed by atoms with van der Waals surface area (Å²) in [5.41, 5.74) is 0. The topological polar surface area (TPSA) is 32.3 Å². The SMILES string of the molecule is C=CCN(CC=C)C(=O)[C@@H]1CCCNC1. The van der Waals surface area contributed by atoms with Crippen LogP contribution in [-0.4, -0.2) is 37.0 Å². The van der Waals surface area contributed by atoms with Crippen LogP contribution >= 0.6 is 0 Å². The van der Waals surface area contributed by atoms with E-state index in [9.17, 15) is 4.79 Å². The molecule has 0 spiro atoms. The molecule has 1 fully saturated rings. The van der Waals surface area contributed by atoms with Crippen molar-refractivity contribution in [3.05, 3.63) is 25.3 Å². The van der Waals surface area contributed by atoms with Gasteiger partial charge in [-0.3, -0.25) is 4.79 Å². The summed E-state index contributed by atoms with van der Waals surface area (Å²) in [6, 6.07) is 0. The zero-order valence-corrected chi connectivity index (χ0v) is 9.24. The Morgan fingerprint density at radius 3 is 2.53 bits per heavy atom. The van der Waals surface area contributed by atoms with Gasteiger partial charge in [-0.05, 0) is 19.4 Å². The number of amides is 1. The van der Waals surface area contributed by atoms with Crippen molar-refractivity contribution in [2.45, 2.75) is 12.8 Å². The van der Waals surface area contributed by atoms with Crippen molar-refractivity contribution in [3.63, 3.8) is 0 Å². The summed E-state index contributed by atoms with van der Waals surface area (Å²) < 4.78 is 0. The Kier molecular flexibility index (Phi) is 5.12. The van der Waals surface area contributed by atoms with E-state index in [1.54, 1.807) is 17.1 Å². The van der Waals surface area contributed by atoms with Crippen molar-refractivity contribution in [2.75, 3.05) is 26.2 Å². The molecule has 3 nitrogen and oxygen atoms in total. The van der Waals surface area contributed by atoms with Crippen molar-refractivity contribution in [3.8, 4) is 0 Å². The average Bonchev–Trinajstić information content (AvgIpc) is 2.29. The number of nitrogens with zero attached hydrogens (tertiary/aromatic N) is 1. The highest BCUT2D eigenvalue weighted by Crippen LogP contribution is 2.13. The molecule has 1 aliphatic rings. The molecule has 1 atom stereocenters. The van der Waals surface area contributed by atoms with Crippen LogP contribution in [0.3, 0.4) is 0 Å². The Hall–Kier alpha value is -1.09. The predicted molar refractivity (Wildman–Crippen MR) is 62.6 cm³/mol. The molecule has 0 aliphatic carbocycles. The first kappa shape index (κ1) is 12.0. The van der Waals surface area contributed by atoms with Crippen LogP contribution in [0.4, 0.5) is 0 Å². The van der Waals surface area contributed by atoms with Crippen LogP contribution in [0.1, 0.15) is 12.8 Å². The van der Waals surface area contributed by atoms with Gasteiger partial charge >= 0.3 is 0 Å². The van der Waals surface area contributed by atoms with E-state index in [0.717, 1.165) is 25.9 Å². The van der Waals surface area contributed by atoms with E-state index in [1.807, 2.05) is 0 Å². The standard InChI is InChI=1S/C12H20N2O/c1-3-8-14(9-4-2)12(15)11-6-5-7-13-10-11/h3-4,11,13H,1-2,5-10H2/t11-/m1/s1. The molecule has 1 N–H and O–H groups in total. The van der Waals surface area contributed by atoms with Crippen molar-refractivity contribution in [2.24, 2.45) is 5.92 Å². The molecule has 0 radical (unpaired) electrons. The molecule has 0 aromatic heterocycles. The molecule has 0 aromatic carbocycles. The first-order chi connectivity index (χ1) is 7.29. The second kappa shape index (κ2) is 6.40. The van der Waals surface area contributed by atoms with Gasteiger partial charge in [0.1, 0.15) is 0 Å². The Morgan fingerprint density at radius 1 is 1.40 bits per heavy atom. The summed E-state index contributed by atoms with van der Waals surface area (Å²) in [5, 5.41) is 3.26. The maximum absolute atomic E-state index is 12.1. The van der Waals surface area contributed by atoms with Gasteiger partial charge in [-0.25, -0.2) is 0 Å². The van der Waals surface area contributed by atoms with Gasteiger partial charge in [0.2, 0.25) is 5.91 Å². The lowest BCUT2D eigenvalue weighted by atomic mass is 9.98. The Balaban J connectivity index is 2.52. The number of rotatable bonds is 5. The first-order valence-corrected chi connectivity index (χ1v) is 5.51. The lowest BCUT2D eigenvalue weighted by molar-refractivity contribution is -0.135. The smallest absolute Gasteiger partial charge is 0.227 e. The van der Waals surface area contributed by atoms with Crippen molar-refractivity contribution in [1.82, 2.24) is 10.2 Å². The van der Waals surface area contributed by atoms with Crippen LogP contribution in [0.2, 0.25) is 0 Å². The zero-order chi connectivity index (χ0) is 11.1. The molecule has 84 valence electrons. The van der Waals surface area contributed by atoms with Crippen LogP contribution in [0.5, 0.6) is 0 Å². The molecule has 0 unspecified atom stereocenters. The van der Waals surface area contributed by atoms with Gasteiger partial charge in [-0.15, -0.1) is 13.2 Å². The van der Waals surface area contributed by atoms with Crippen LogP contribution in [0, 0.1) is 5.92 Å². The maximum atomic E-state index is 12.1. The number of hydrogen-bond acceptors (Lipinski definition) is 2. The molecule has 15 heavy (non-hydrogen) atoms. The third-order valence-electron chi connectivity index (χ3n) is 2.66. The molecule has 1 rings (SSSR count). The van der Waals surface area contributed by atoms with Crippen LogP contribution in [0.25, 0.3) is 0 Å². The van der Waals surface area contributed by atoms with E-state index in [2.05, 4.69) is 18.5 Å². The first-order valence-electron chi connectivity index (χ1n) is 5.51.